The highest BCUT2D eigenvalue weighted by atomic mass is 16.6. The van der Waals surface area contributed by atoms with Crippen molar-refractivity contribution in [2.24, 2.45) is 0 Å². The van der Waals surface area contributed by atoms with Gasteiger partial charge in [-0.3, -0.25) is 10.1 Å². The van der Waals surface area contributed by atoms with Gasteiger partial charge in [0, 0.05) is 23.9 Å². The van der Waals surface area contributed by atoms with Crippen LogP contribution in [0.2, 0.25) is 0 Å². The molecule has 1 aromatic rings. The molecule has 0 heterocycles. The van der Waals surface area contributed by atoms with Gasteiger partial charge in [-0.2, -0.15) is 0 Å². The lowest BCUT2D eigenvalue weighted by atomic mass is 10.0. The number of hydrogen-bond acceptors (Lipinski definition) is 5. The van der Waals surface area contributed by atoms with Crippen LogP contribution in [0.3, 0.4) is 0 Å². The first-order valence-corrected chi connectivity index (χ1v) is 5.29. The van der Waals surface area contributed by atoms with Gasteiger partial charge in [-0.05, 0) is 32.4 Å². The monoisotopic (exact) mass is 239 g/mol. The molecule has 0 aliphatic rings. The molecule has 1 aromatic carbocycles. The minimum Gasteiger partial charge on any atom is -0.396 e. The highest BCUT2D eigenvalue weighted by Crippen LogP contribution is 2.26. The van der Waals surface area contributed by atoms with Crippen LogP contribution in [-0.2, 0) is 0 Å². The molecule has 0 aromatic heterocycles. The van der Waals surface area contributed by atoms with Crippen LogP contribution in [0.4, 0.5) is 17.1 Å². The maximum Gasteiger partial charge on any atom is 0.292 e. The van der Waals surface area contributed by atoms with Crippen LogP contribution in [0.1, 0.15) is 20.3 Å². The van der Waals surface area contributed by atoms with E-state index in [-0.39, 0.29) is 23.5 Å². The van der Waals surface area contributed by atoms with E-state index < -0.39 is 4.92 Å². The number of nitrogens with zero attached hydrogens (tertiary/aromatic N) is 1. The summed E-state index contributed by atoms with van der Waals surface area (Å²) in [6.45, 7) is 3.93. The maximum absolute atomic E-state index is 10.6. The molecule has 0 unspecified atom stereocenters. The normalized spacial score (nSPS) is 11.2. The van der Waals surface area contributed by atoms with E-state index >= 15 is 0 Å². The first-order valence-electron chi connectivity index (χ1n) is 5.29. The van der Waals surface area contributed by atoms with Crippen LogP contribution in [0.15, 0.2) is 18.2 Å². The summed E-state index contributed by atoms with van der Waals surface area (Å²) in [6.07, 6.45) is 0.573. The van der Waals surface area contributed by atoms with E-state index in [1.165, 1.54) is 12.1 Å². The molecule has 0 aliphatic heterocycles. The lowest BCUT2D eigenvalue weighted by Gasteiger charge is -2.26. The van der Waals surface area contributed by atoms with E-state index in [1.807, 2.05) is 13.8 Å². The highest BCUT2D eigenvalue weighted by Gasteiger charge is 2.18. The molecule has 0 bridgehead atoms. The average molecular weight is 239 g/mol. The summed E-state index contributed by atoms with van der Waals surface area (Å²) in [7, 11) is 0. The Balaban J connectivity index is 2.88. The van der Waals surface area contributed by atoms with E-state index in [0.717, 1.165) is 0 Å². The summed E-state index contributed by atoms with van der Waals surface area (Å²) in [5, 5.41) is 22.7. The molecule has 0 saturated carbocycles. The smallest absolute Gasteiger partial charge is 0.292 e. The number of benzene rings is 1. The second kappa shape index (κ2) is 5.01. The molecule has 17 heavy (non-hydrogen) atoms. The second-order valence-electron chi connectivity index (χ2n) is 4.51. The Labute approximate surface area is 99.6 Å². The number of hydrogen-bond donors (Lipinski definition) is 3. The minimum absolute atomic E-state index is 0.0719. The predicted molar refractivity (Wildman–Crippen MR) is 66.9 cm³/mol. The van der Waals surface area contributed by atoms with Crippen molar-refractivity contribution in [3.63, 3.8) is 0 Å². The Hall–Kier alpha value is -1.82. The SMILES string of the molecule is CC(C)(CCO)Nc1ccc([N+](=O)[O-])c(N)c1. The topological polar surface area (TPSA) is 101 Å². The third kappa shape index (κ3) is 3.60. The van der Waals surface area contributed by atoms with Gasteiger partial charge in [-0.1, -0.05) is 0 Å². The van der Waals surface area contributed by atoms with Gasteiger partial charge in [-0.15, -0.1) is 0 Å². The van der Waals surface area contributed by atoms with Gasteiger partial charge in [0.05, 0.1) is 4.92 Å². The highest BCUT2D eigenvalue weighted by molar-refractivity contribution is 5.66. The zero-order valence-corrected chi connectivity index (χ0v) is 9.93. The van der Waals surface area contributed by atoms with Gasteiger partial charge >= 0.3 is 0 Å². The molecule has 0 saturated heterocycles. The molecular formula is C11H17N3O3. The number of aliphatic hydroxyl groups is 1. The van der Waals surface area contributed by atoms with E-state index in [4.69, 9.17) is 10.8 Å². The molecule has 6 heteroatoms. The van der Waals surface area contributed by atoms with Crippen molar-refractivity contribution in [2.75, 3.05) is 17.7 Å². The number of nitro benzene ring substituents is 1. The predicted octanol–water partition coefficient (Wildman–Crippen LogP) is 1.75. The largest absolute Gasteiger partial charge is 0.396 e. The van der Waals surface area contributed by atoms with Crippen molar-refractivity contribution in [3.05, 3.63) is 28.3 Å². The van der Waals surface area contributed by atoms with Crippen LogP contribution >= 0.6 is 0 Å². The number of nitrogen functional groups attached to an aromatic ring is 1. The molecule has 0 aliphatic carbocycles. The zero-order chi connectivity index (χ0) is 13.1. The van der Waals surface area contributed by atoms with Crippen LogP contribution in [0.5, 0.6) is 0 Å². The number of rotatable bonds is 5. The quantitative estimate of drug-likeness (QED) is 0.413. The molecule has 1 rings (SSSR count). The summed E-state index contributed by atoms with van der Waals surface area (Å²) in [5.74, 6) is 0. The lowest BCUT2D eigenvalue weighted by Crippen LogP contribution is -2.31. The van der Waals surface area contributed by atoms with E-state index in [1.54, 1.807) is 6.07 Å². The first-order chi connectivity index (χ1) is 7.85. The van der Waals surface area contributed by atoms with Crippen molar-refractivity contribution in [3.8, 4) is 0 Å². The molecule has 0 fully saturated rings. The Morgan fingerprint density at radius 2 is 2.18 bits per heavy atom. The fraction of sp³-hybridized carbons (Fsp3) is 0.455. The Kier molecular flexibility index (Phi) is 3.90. The van der Waals surface area contributed by atoms with Gasteiger partial charge in [0.25, 0.3) is 5.69 Å². The molecule has 6 nitrogen and oxygen atoms in total. The van der Waals surface area contributed by atoms with Crippen molar-refractivity contribution in [1.82, 2.24) is 0 Å². The third-order valence-corrected chi connectivity index (χ3v) is 2.44. The molecule has 0 spiro atoms. The number of nitrogens with two attached hydrogens (primary N) is 1. The first kappa shape index (κ1) is 13.2. The van der Waals surface area contributed by atoms with Crippen molar-refractivity contribution in [2.45, 2.75) is 25.8 Å². The Morgan fingerprint density at radius 3 is 2.65 bits per heavy atom. The lowest BCUT2D eigenvalue weighted by molar-refractivity contribution is -0.383. The standard InChI is InChI=1S/C11H17N3O3/c1-11(2,5-6-15)13-8-3-4-10(14(16)17)9(12)7-8/h3-4,7,13,15H,5-6,12H2,1-2H3. The van der Waals surface area contributed by atoms with Gasteiger partial charge in [-0.25, -0.2) is 0 Å². The van der Waals surface area contributed by atoms with Gasteiger partial charge in [0.2, 0.25) is 0 Å². The van der Waals surface area contributed by atoms with Gasteiger partial charge in [0.1, 0.15) is 5.69 Å². The van der Waals surface area contributed by atoms with Crippen LogP contribution in [0.25, 0.3) is 0 Å². The molecule has 0 atom stereocenters. The summed E-state index contributed by atoms with van der Waals surface area (Å²) in [4.78, 5) is 10.1. The van der Waals surface area contributed by atoms with Gasteiger partial charge < -0.3 is 16.2 Å². The molecule has 94 valence electrons. The summed E-state index contributed by atoms with van der Waals surface area (Å²) in [6, 6.07) is 4.50. The van der Waals surface area contributed by atoms with Crippen LogP contribution < -0.4 is 11.1 Å². The number of aliphatic hydroxyl groups excluding tert-OH is 1. The minimum atomic E-state index is -0.516. The zero-order valence-electron chi connectivity index (χ0n) is 9.93. The Bertz CT molecular complexity index is 418. The van der Waals surface area contributed by atoms with Crippen LogP contribution in [-0.4, -0.2) is 22.2 Å². The van der Waals surface area contributed by atoms with E-state index in [2.05, 4.69) is 5.32 Å². The molecule has 4 N–H and O–H groups in total. The average Bonchev–Trinajstić information content (AvgIpc) is 2.15. The van der Waals surface area contributed by atoms with Crippen LogP contribution in [0, 0.1) is 10.1 Å². The van der Waals surface area contributed by atoms with Crippen molar-refractivity contribution in [1.29, 1.82) is 0 Å². The molecule has 0 radical (unpaired) electrons. The number of nitro groups is 1. The van der Waals surface area contributed by atoms with Crippen molar-refractivity contribution < 1.29 is 10.0 Å². The van der Waals surface area contributed by atoms with E-state index in [9.17, 15) is 10.1 Å². The van der Waals surface area contributed by atoms with E-state index in [0.29, 0.717) is 12.1 Å². The fourth-order valence-electron chi connectivity index (χ4n) is 1.53. The number of anilines is 2. The second-order valence-corrected chi connectivity index (χ2v) is 4.51. The summed E-state index contributed by atoms with van der Waals surface area (Å²) in [5.41, 5.74) is 6.01. The number of nitrogens with one attached hydrogen (secondary N) is 1. The maximum atomic E-state index is 10.6. The Morgan fingerprint density at radius 1 is 1.53 bits per heavy atom. The summed E-state index contributed by atoms with van der Waals surface area (Å²) < 4.78 is 0. The summed E-state index contributed by atoms with van der Waals surface area (Å²) >= 11 is 0. The third-order valence-electron chi connectivity index (χ3n) is 2.44. The molecular weight excluding hydrogens is 222 g/mol. The fourth-order valence-corrected chi connectivity index (χ4v) is 1.53. The van der Waals surface area contributed by atoms with Crippen molar-refractivity contribution >= 4 is 17.1 Å². The van der Waals surface area contributed by atoms with Gasteiger partial charge in [0.15, 0.2) is 0 Å². The molecule has 0 amide bonds.